The van der Waals surface area contributed by atoms with Gasteiger partial charge in [0, 0.05) is 22.3 Å². The Balaban J connectivity index is 1.87. The van der Waals surface area contributed by atoms with E-state index >= 15 is 0 Å². The fourth-order valence-corrected chi connectivity index (χ4v) is 2.66. The van der Waals surface area contributed by atoms with Crippen molar-refractivity contribution in [2.75, 3.05) is 12.3 Å². The minimum absolute atomic E-state index is 0.0680. The quantitative estimate of drug-likeness (QED) is 0.662. The summed E-state index contributed by atoms with van der Waals surface area (Å²) in [7, 11) is 0. The fraction of sp³-hybridized carbons (Fsp3) is 0.357. The van der Waals surface area contributed by atoms with Gasteiger partial charge in [0.05, 0.1) is 0 Å². The SMILES string of the molecule is Nc1cc(Br)cc(C(=O)NCCC2=CCCC2)c1. The van der Waals surface area contributed by atoms with Crippen molar-refractivity contribution in [3.05, 3.63) is 39.9 Å². The monoisotopic (exact) mass is 308 g/mol. The third kappa shape index (κ3) is 3.60. The molecule has 0 fully saturated rings. The number of hydrogen-bond acceptors (Lipinski definition) is 2. The maximum atomic E-state index is 11.9. The Hall–Kier alpha value is -1.29. The molecule has 4 heteroatoms. The molecular formula is C14H17BrN2O. The van der Waals surface area contributed by atoms with Gasteiger partial charge in [-0.1, -0.05) is 27.6 Å². The zero-order valence-corrected chi connectivity index (χ0v) is 11.8. The molecule has 2 rings (SSSR count). The predicted molar refractivity (Wildman–Crippen MR) is 77.4 cm³/mol. The Labute approximate surface area is 116 Å². The summed E-state index contributed by atoms with van der Waals surface area (Å²) >= 11 is 3.33. The standard InChI is InChI=1S/C14H17BrN2O/c15-12-7-11(8-13(16)9-12)14(18)17-6-5-10-3-1-2-4-10/h3,7-9H,1-2,4-6,16H2,(H,17,18). The number of halogens is 1. The Kier molecular flexibility index (Phi) is 4.42. The first kappa shape index (κ1) is 13.1. The van der Waals surface area contributed by atoms with Crippen molar-refractivity contribution in [2.24, 2.45) is 0 Å². The largest absolute Gasteiger partial charge is 0.399 e. The van der Waals surface area contributed by atoms with E-state index in [0.29, 0.717) is 17.8 Å². The van der Waals surface area contributed by atoms with Crippen molar-refractivity contribution >= 4 is 27.5 Å². The number of carbonyl (C=O) groups excluding carboxylic acids is 1. The predicted octanol–water partition coefficient (Wildman–Crippen LogP) is 3.26. The van der Waals surface area contributed by atoms with Gasteiger partial charge in [0.1, 0.15) is 0 Å². The van der Waals surface area contributed by atoms with E-state index in [-0.39, 0.29) is 5.91 Å². The van der Waals surface area contributed by atoms with Crippen molar-refractivity contribution < 1.29 is 4.79 Å². The Morgan fingerprint density at radius 1 is 1.39 bits per heavy atom. The van der Waals surface area contributed by atoms with E-state index in [1.807, 2.05) is 0 Å². The van der Waals surface area contributed by atoms with Crippen molar-refractivity contribution in [1.82, 2.24) is 5.32 Å². The molecule has 1 amide bonds. The van der Waals surface area contributed by atoms with Crippen LogP contribution < -0.4 is 11.1 Å². The summed E-state index contributed by atoms with van der Waals surface area (Å²) in [6.07, 6.45) is 6.86. The highest BCUT2D eigenvalue weighted by atomic mass is 79.9. The fourth-order valence-electron chi connectivity index (χ4n) is 2.15. The lowest BCUT2D eigenvalue weighted by molar-refractivity contribution is 0.0954. The van der Waals surface area contributed by atoms with Crippen LogP contribution in [0.4, 0.5) is 5.69 Å². The van der Waals surface area contributed by atoms with Crippen molar-refractivity contribution in [2.45, 2.75) is 25.7 Å². The molecule has 18 heavy (non-hydrogen) atoms. The van der Waals surface area contributed by atoms with Crippen LogP contribution in [-0.2, 0) is 0 Å². The molecule has 0 aromatic heterocycles. The number of nitrogens with one attached hydrogen (secondary N) is 1. The zero-order chi connectivity index (χ0) is 13.0. The molecule has 0 saturated carbocycles. The highest BCUT2D eigenvalue weighted by Gasteiger charge is 2.08. The first-order valence-electron chi connectivity index (χ1n) is 6.17. The summed E-state index contributed by atoms with van der Waals surface area (Å²) < 4.78 is 0.825. The number of hydrogen-bond donors (Lipinski definition) is 2. The highest BCUT2D eigenvalue weighted by Crippen LogP contribution is 2.20. The van der Waals surface area contributed by atoms with Gasteiger partial charge in [-0.25, -0.2) is 0 Å². The summed E-state index contributed by atoms with van der Waals surface area (Å²) in [6, 6.07) is 5.25. The number of rotatable bonds is 4. The second-order valence-corrected chi connectivity index (χ2v) is 5.45. The van der Waals surface area contributed by atoms with Crippen LogP contribution in [0.3, 0.4) is 0 Å². The maximum absolute atomic E-state index is 11.9. The Morgan fingerprint density at radius 3 is 2.89 bits per heavy atom. The van der Waals surface area contributed by atoms with E-state index in [0.717, 1.165) is 10.9 Å². The summed E-state index contributed by atoms with van der Waals surface area (Å²) in [5.74, 6) is -0.0680. The molecule has 1 aliphatic carbocycles. The topological polar surface area (TPSA) is 55.1 Å². The summed E-state index contributed by atoms with van der Waals surface area (Å²) in [5.41, 5.74) is 8.36. The van der Waals surface area contributed by atoms with Gasteiger partial charge in [0.15, 0.2) is 0 Å². The van der Waals surface area contributed by atoms with E-state index in [1.165, 1.54) is 24.8 Å². The van der Waals surface area contributed by atoms with E-state index in [4.69, 9.17) is 5.73 Å². The third-order valence-electron chi connectivity index (χ3n) is 3.05. The van der Waals surface area contributed by atoms with Gasteiger partial charge in [0.2, 0.25) is 0 Å². The number of amides is 1. The average molecular weight is 309 g/mol. The number of nitrogen functional groups attached to an aromatic ring is 1. The molecule has 1 aromatic rings. The first-order chi connectivity index (χ1) is 8.65. The highest BCUT2D eigenvalue weighted by molar-refractivity contribution is 9.10. The maximum Gasteiger partial charge on any atom is 0.251 e. The molecule has 0 unspecified atom stereocenters. The Bertz CT molecular complexity index is 462. The van der Waals surface area contributed by atoms with E-state index in [9.17, 15) is 4.79 Å². The second kappa shape index (κ2) is 6.05. The van der Waals surface area contributed by atoms with Crippen LogP contribution in [0.25, 0.3) is 0 Å². The van der Waals surface area contributed by atoms with Gasteiger partial charge in [-0.15, -0.1) is 0 Å². The molecule has 0 radical (unpaired) electrons. The molecule has 0 atom stereocenters. The van der Waals surface area contributed by atoms with Gasteiger partial charge in [-0.05, 0) is 43.9 Å². The number of allylic oxidation sites excluding steroid dienone is 1. The molecule has 0 heterocycles. The number of nitrogens with two attached hydrogens (primary N) is 1. The zero-order valence-electron chi connectivity index (χ0n) is 10.2. The smallest absolute Gasteiger partial charge is 0.251 e. The average Bonchev–Trinajstić information content (AvgIpc) is 2.80. The number of carbonyl (C=O) groups is 1. The van der Waals surface area contributed by atoms with Crippen LogP contribution in [0.1, 0.15) is 36.0 Å². The van der Waals surface area contributed by atoms with Gasteiger partial charge >= 0.3 is 0 Å². The lowest BCUT2D eigenvalue weighted by atomic mass is 10.1. The summed E-state index contributed by atoms with van der Waals surface area (Å²) in [6.45, 7) is 0.692. The molecule has 0 aliphatic heterocycles. The van der Waals surface area contributed by atoms with Crippen LogP contribution >= 0.6 is 15.9 Å². The van der Waals surface area contributed by atoms with Crippen LogP contribution in [-0.4, -0.2) is 12.5 Å². The van der Waals surface area contributed by atoms with Crippen LogP contribution in [0, 0.1) is 0 Å². The van der Waals surface area contributed by atoms with Crippen molar-refractivity contribution in [1.29, 1.82) is 0 Å². The van der Waals surface area contributed by atoms with Crippen molar-refractivity contribution in [3.8, 4) is 0 Å². The van der Waals surface area contributed by atoms with Crippen LogP contribution in [0.15, 0.2) is 34.3 Å². The van der Waals surface area contributed by atoms with Crippen LogP contribution in [0.5, 0.6) is 0 Å². The lowest BCUT2D eigenvalue weighted by Crippen LogP contribution is -2.24. The minimum Gasteiger partial charge on any atom is -0.399 e. The summed E-state index contributed by atoms with van der Waals surface area (Å²) in [5, 5.41) is 2.92. The molecule has 3 nitrogen and oxygen atoms in total. The lowest BCUT2D eigenvalue weighted by Gasteiger charge is -2.07. The molecule has 1 aromatic carbocycles. The summed E-state index contributed by atoms with van der Waals surface area (Å²) in [4.78, 5) is 11.9. The van der Waals surface area contributed by atoms with Gasteiger partial charge in [-0.3, -0.25) is 4.79 Å². The van der Waals surface area contributed by atoms with Crippen molar-refractivity contribution in [3.63, 3.8) is 0 Å². The van der Waals surface area contributed by atoms with Crippen LogP contribution in [0.2, 0.25) is 0 Å². The molecule has 3 N–H and O–H groups in total. The molecule has 0 spiro atoms. The minimum atomic E-state index is -0.0680. The van der Waals surface area contributed by atoms with Gasteiger partial charge in [0.25, 0.3) is 5.91 Å². The molecule has 0 bridgehead atoms. The molecule has 0 saturated heterocycles. The first-order valence-corrected chi connectivity index (χ1v) is 6.96. The molecular weight excluding hydrogens is 292 g/mol. The van der Waals surface area contributed by atoms with E-state index in [1.54, 1.807) is 18.2 Å². The number of benzene rings is 1. The molecule has 96 valence electrons. The third-order valence-corrected chi connectivity index (χ3v) is 3.51. The van der Waals surface area contributed by atoms with Gasteiger partial charge in [-0.2, -0.15) is 0 Å². The van der Waals surface area contributed by atoms with Gasteiger partial charge < -0.3 is 11.1 Å². The Morgan fingerprint density at radius 2 is 2.22 bits per heavy atom. The second-order valence-electron chi connectivity index (χ2n) is 4.53. The normalized spacial score (nSPS) is 14.4. The number of anilines is 1. The van der Waals surface area contributed by atoms with E-state index < -0.39 is 0 Å². The van der Waals surface area contributed by atoms with E-state index in [2.05, 4.69) is 27.3 Å². The molecule has 1 aliphatic rings.